The van der Waals surface area contributed by atoms with E-state index in [2.05, 4.69) is 66.6 Å². The van der Waals surface area contributed by atoms with Crippen LogP contribution >= 0.6 is 34.8 Å². The first-order chi connectivity index (χ1) is 23.3. The quantitative estimate of drug-likeness (QED) is 0.177. The van der Waals surface area contributed by atoms with Crippen LogP contribution in [0.15, 0.2) is 46.5 Å². The Labute approximate surface area is 315 Å². The second kappa shape index (κ2) is 18.1. The third-order valence-electron chi connectivity index (χ3n) is 5.50. The first-order valence-corrected chi connectivity index (χ1v) is 17.3. The van der Waals surface area contributed by atoms with Gasteiger partial charge >= 0.3 is 11.9 Å². The highest BCUT2D eigenvalue weighted by Gasteiger charge is 2.22. The van der Waals surface area contributed by atoms with Crippen LogP contribution in [-0.2, 0) is 14.2 Å². The van der Waals surface area contributed by atoms with Gasteiger partial charge in [-0.3, -0.25) is 4.99 Å². The summed E-state index contributed by atoms with van der Waals surface area (Å²) in [5, 5.41) is 4.68. The molecule has 0 spiro atoms. The molecule has 280 valence electrons. The van der Waals surface area contributed by atoms with Crippen LogP contribution in [0, 0.1) is 10.8 Å². The van der Waals surface area contributed by atoms with Crippen LogP contribution in [0.4, 0.5) is 0 Å². The molecule has 0 bridgehead atoms. The maximum atomic E-state index is 12.1. The van der Waals surface area contributed by atoms with Gasteiger partial charge < -0.3 is 18.9 Å². The molecule has 1 aliphatic heterocycles. The zero-order chi connectivity index (χ0) is 38.8. The minimum atomic E-state index is -0.597. The fraction of sp³-hybridized carbons (Fsp3) is 0.528. The van der Waals surface area contributed by atoms with E-state index in [1.165, 1.54) is 12.1 Å². The third kappa shape index (κ3) is 17.4. The molecule has 0 saturated carbocycles. The zero-order valence-corrected chi connectivity index (χ0v) is 33.7. The molecule has 3 aromatic rings. The van der Waals surface area contributed by atoms with Crippen LogP contribution in [-0.4, -0.2) is 74.9 Å². The van der Waals surface area contributed by atoms with Crippen molar-refractivity contribution in [3.05, 3.63) is 63.1 Å². The number of ether oxygens (including phenoxy) is 4. The average molecular weight is 768 g/mol. The molecule has 0 radical (unpaired) electrons. The fourth-order valence-corrected chi connectivity index (χ4v) is 4.03. The Balaban J connectivity index is 0.000000293. The lowest BCUT2D eigenvalue weighted by Gasteiger charge is -2.19. The average Bonchev–Trinajstić information content (AvgIpc) is 3.66. The summed E-state index contributed by atoms with van der Waals surface area (Å²) in [7, 11) is 0. The van der Waals surface area contributed by atoms with Crippen molar-refractivity contribution >= 4 is 58.9 Å². The maximum Gasteiger partial charge on any atom is 0.341 e. The summed E-state index contributed by atoms with van der Waals surface area (Å²) in [6.07, 6.45) is 3.40. The number of hydrogen-bond donors (Lipinski definition) is 0. The Morgan fingerprint density at radius 1 is 0.706 bits per heavy atom. The van der Waals surface area contributed by atoms with Gasteiger partial charge in [0.15, 0.2) is 5.82 Å². The molecule has 0 aliphatic carbocycles. The molecular weight excluding hydrogens is 719 g/mol. The van der Waals surface area contributed by atoms with E-state index < -0.39 is 23.1 Å². The van der Waals surface area contributed by atoms with Crippen molar-refractivity contribution in [2.45, 2.75) is 94.3 Å². The molecule has 0 unspecified atom stereocenters. The highest BCUT2D eigenvalue weighted by Crippen LogP contribution is 2.22. The molecule has 0 N–H and O–H groups in total. The lowest BCUT2D eigenvalue weighted by molar-refractivity contribution is 0.00567. The Bertz CT molecular complexity index is 1700. The van der Waals surface area contributed by atoms with Gasteiger partial charge in [0.1, 0.15) is 33.3 Å². The number of carbonyl (C=O) groups is 2. The van der Waals surface area contributed by atoms with Crippen LogP contribution in [0.3, 0.4) is 0 Å². The van der Waals surface area contributed by atoms with Crippen molar-refractivity contribution in [2.24, 2.45) is 20.8 Å². The number of pyridine rings is 2. The molecule has 0 aromatic carbocycles. The first-order valence-electron chi connectivity index (χ1n) is 16.1. The van der Waals surface area contributed by atoms with E-state index in [0.29, 0.717) is 37.5 Å². The van der Waals surface area contributed by atoms with Crippen LogP contribution in [0.25, 0.3) is 5.82 Å². The number of rotatable bonds is 6. The van der Waals surface area contributed by atoms with Gasteiger partial charge in [0, 0.05) is 12.3 Å². The fourth-order valence-electron chi connectivity index (χ4n) is 3.38. The first kappa shape index (κ1) is 43.4. The van der Waals surface area contributed by atoms with E-state index in [-0.39, 0.29) is 37.4 Å². The summed E-state index contributed by atoms with van der Waals surface area (Å²) in [6.45, 7) is 25.1. The predicted octanol–water partition coefficient (Wildman–Crippen LogP) is 9.13. The minimum absolute atomic E-state index is 0.0421. The predicted molar refractivity (Wildman–Crippen MR) is 202 cm³/mol. The lowest BCUT2D eigenvalue weighted by atomic mass is 9.99. The third-order valence-corrected chi connectivity index (χ3v) is 6.29. The Morgan fingerprint density at radius 2 is 1.22 bits per heavy atom. The number of aliphatic imine (C=N–C) groups is 2. The summed E-state index contributed by atoms with van der Waals surface area (Å²) >= 11 is 17.5. The van der Waals surface area contributed by atoms with Gasteiger partial charge in [-0.25, -0.2) is 29.2 Å². The van der Waals surface area contributed by atoms with Crippen molar-refractivity contribution in [1.82, 2.24) is 19.7 Å². The zero-order valence-electron chi connectivity index (χ0n) is 31.4. The van der Waals surface area contributed by atoms with Gasteiger partial charge in [-0.1, -0.05) is 76.3 Å². The molecule has 51 heavy (non-hydrogen) atoms. The minimum Gasteiger partial charge on any atom is -0.476 e. The van der Waals surface area contributed by atoms with E-state index in [1.54, 1.807) is 76.8 Å². The largest absolute Gasteiger partial charge is 0.476 e. The van der Waals surface area contributed by atoms with Crippen molar-refractivity contribution < 1.29 is 28.5 Å². The van der Waals surface area contributed by atoms with Gasteiger partial charge in [-0.2, -0.15) is 0 Å². The number of carbonyl (C=O) groups excluding carboxylic acids is 2. The summed E-state index contributed by atoms with van der Waals surface area (Å²) < 4.78 is 23.0. The number of halogens is 3. The van der Waals surface area contributed by atoms with E-state index >= 15 is 0 Å². The van der Waals surface area contributed by atoms with Crippen molar-refractivity contribution in [3.63, 3.8) is 0 Å². The number of esters is 2. The normalized spacial score (nSPS) is 12.9. The molecule has 0 fully saturated rings. The molecular formula is C36H49Cl3N6O6. The van der Waals surface area contributed by atoms with Crippen LogP contribution < -0.4 is 4.74 Å². The highest BCUT2D eigenvalue weighted by atomic mass is 35.5. The number of hydrogen-bond acceptors (Lipinski definition) is 11. The molecule has 4 rings (SSSR count). The summed E-state index contributed by atoms with van der Waals surface area (Å²) in [5.74, 6) is 0.648. The second-order valence-corrected chi connectivity index (χ2v) is 16.8. The van der Waals surface area contributed by atoms with Crippen molar-refractivity contribution in [2.75, 3.05) is 19.9 Å². The van der Waals surface area contributed by atoms with Crippen LogP contribution in [0.5, 0.6) is 5.88 Å². The van der Waals surface area contributed by atoms with Gasteiger partial charge in [0.25, 0.3) is 0 Å². The van der Waals surface area contributed by atoms with Crippen LogP contribution in [0.2, 0.25) is 15.5 Å². The Kier molecular flexibility index (Phi) is 15.5. The molecule has 0 atom stereocenters. The van der Waals surface area contributed by atoms with E-state index in [4.69, 9.17) is 53.8 Å². The number of nitrogens with zero attached hydrogens (tertiary/aromatic N) is 6. The SMILES string of the molecule is CC(C)(C)COC1=NCN=C1.CC(C)(C)COc1ccn(-c2ccc(C(=O)OC(C)(C)C)c(Cl)n2)n1.CC(C)(C)OC(=O)c1ccc(Cl)nc1Cl. The van der Waals surface area contributed by atoms with Crippen molar-refractivity contribution in [1.29, 1.82) is 0 Å². The molecule has 0 saturated heterocycles. The smallest absolute Gasteiger partial charge is 0.341 e. The molecule has 3 aromatic heterocycles. The van der Waals surface area contributed by atoms with Gasteiger partial charge in [0.2, 0.25) is 11.8 Å². The van der Waals surface area contributed by atoms with Gasteiger partial charge in [0.05, 0.1) is 30.6 Å². The van der Waals surface area contributed by atoms with E-state index in [9.17, 15) is 9.59 Å². The Morgan fingerprint density at radius 3 is 1.67 bits per heavy atom. The molecule has 15 heteroatoms. The molecule has 1 aliphatic rings. The van der Waals surface area contributed by atoms with Crippen molar-refractivity contribution in [3.8, 4) is 11.7 Å². The standard InChI is InChI=1S/C18H24ClN3O3.C10H11Cl2NO2.C8H14N2O/c1-17(2,3)11-24-14-9-10-22(21-14)13-8-7-12(15(19)20-13)16(23)25-18(4,5)6;1-10(2,3)15-9(14)6-4-5-7(11)13-8(6)12;1-8(2,3)5-11-7-4-9-6-10-7/h7-10H,11H2,1-6H3;4-5H,1-3H3;4H,5-6H2,1-3H3. The summed E-state index contributed by atoms with van der Waals surface area (Å²) in [4.78, 5) is 39.6. The summed E-state index contributed by atoms with van der Waals surface area (Å²) in [5.41, 5.74) is -0.479. The van der Waals surface area contributed by atoms with Gasteiger partial charge in [-0.15, -0.1) is 5.10 Å². The lowest BCUT2D eigenvalue weighted by Crippen LogP contribution is -2.24. The molecule has 4 heterocycles. The van der Waals surface area contributed by atoms with Gasteiger partial charge in [-0.05, 0) is 76.6 Å². The van der Waals surface area contributed by atoms with E-state index in [1.807, 2.05) is 0 Å². The topological polar surface area (TPSA) is 139 Å². The maximum absolute atomic E-state index is 12.1. The summed E-state index contributed by atoms with van der Waals surface area (Å²) in [6, 6.07) is 7.98. The monoisotopic (exact) mass is 766 g/mol. The molecule has 0 amide bonds. The van der Waals surface area contributed by atoms with Crippen LogP contribution in [0.1, 0.15) is 104 Å². The molecule has 12 nitrogen and oxygen atoms in total. The Hall–Kier alpha value is -3.74. The highest BCUT2D eigenvalue weighted by molar-refractivity contribution is 6.34. The number of aromatic nitrogens is 4. The second-order valence-electron chi connectivity index (χ2n) is 15.7. The van der Waals surface area contributed by atoms with E-state index in [0.717, 1.165) is 0 Å².